The van der Waals surface area contributed by atoms with Crippen LogP contribution in [-0.4, -0.2) is 21.5 Å². The van der Waals surface area contributed by atoms with Crippen molar-refractivity contribution in [2.24, 2.45) is 5.73 Å². The molecule has 1 amide bonds. The van der Waals surface area contributed by atoms with E-state index in [4.69, 9.17) is 18.0 Å². The molecule has 0 heterocycles. The number of carbonyl (C=O) groups excluding carboxylic acids is 1. The van der Waals surface area contributed by atoms with Crippen LogP contribution in [0.15, 0.2) is 18.2 Å². The Hall–Kier alpha value is -0.890. The summed E-state index contributed by atoms with van der Waals surface area (Å²) in [5.41, 5.74) is 5.56. The van der Waals surface area contributed by atoms with E-state index in [2.05, 4.69) is 27.9 Å². The Morgan fingerprint density at radius 1 is 1.29 bits per heavy atom. The van der Waals surface area contributed by atoms with Gasteiger partial charge in [-0.05, 0) is 53.6 Å². The van der Waals surface area contributed by atoms with E-state index in [0.717, 1.165) is 42.1 Å². The van der Waals surface area contributed by atoms with Crippen molar-refractivity contribution in [2.45, 2.75) is 44.1 Å². The molecule has 0 spiro atoms. The van der Waals surface area contributed by atoms with Gasteiger partial charge in [-0.15, -0.1) is 0 Å². The molecule has 0 atom stereocenters. The van der Waals surface area contributed by atoms with E-state index >= 15 is 0 Å². The Labute approximate surface area is 143 Å². The lowest BCUT2D eigenvalue weighted by Crippen LogP contribution is -2.56. The first-order valence-corrected chi connectivity index (χ1v) is 8.54. The zero-order valence-corrected chi connectivity index (χ0v) is 14.7. The maximum atomic E-state index is 12.5. The summed E-state index contributed by atoms with van der Waals surface area (Å²) in [6.07, 6.45) is 5.78. The monoisotopic (exact) mass is 418 g/mol. The first-order chi connectivity index (χ1) is 9.94. The first kappa shape index (κ1) is 16.5. The van der Waals surface area contributed by atoms with Crippen molar-refractivity contribution < 1.29 is 9.90 Å². The number of halogens is 1. The summed E-state index contributed by atoms with van der Waals surface area (Å²) in [5.74, 6) is -0.347. The van der Waals surface area contributed by atoms with E-state index in [1.54, 1.807) is 12.1 Å². The second-order valence-corrected chi connectivity index (χ2v) is 7.16. The molecule has 1 aromatic rings. The highest BCUT2D eigenvalue weighted by atomic mass is 127. The minimum atomic E-state index is -0.628. The highest BCUT2D eigenvalue weighted by Crippen LogP contribution is 2.29. The van der Waals surface area contributed by atoms with Gasteiger partial charge in [0.2, 0.25) is 0 Å². The van der Waals surface area contributed by atoms with Crippen LogP contribution in [0.5, 0.6) is 5.75 Å². The highest BCUT2D eigenvalue weighted by molar-refractivity contribution is 14.1. The molecule has 0 aliphatic heterocycles. The largest absolute Gasteiger partial charge is 0.507 e. The quantitative estimate of drug-likeness (QED) is 0.401. The summed E-state index contributed by atoms with van der Waals surface area (Å²) in [4.78, 5) is 12.9. The molecule has 4 nitrogen and oxygen atoms in total. The van der Waals surface area contributed by atoms with Crippen LogP contribution >= 0.6 is 34.8 Å². The summed E-state index contributed by atoms with van der Waals surface area (Å²) in [5, 5.41) is 12.9. The average Bonchev–Trinajstić information content (AvgIpc) is 2.68. The number of phenolic OH excluding ortho intramolecular Hbond substituents is 1. The predicted molar refractivity (Wildman–Crippen MR) is 95.5 cm³/mol. The van der Waals surface area contributed by atoms with Crippen LogP contribution in [0, 0.1) is 3.57 Å². The highest BCUT2D eigenvalue weighted by Gasteiger charge is 2.36. The Morgan fingerprint density at radius 3 is 2.48 bits per heavy atom. The number of hydrogen-bond donors (Lipinski definition) is 3. The van der Waals surface area contributed by atoms with Gasteiger partial charge in [0.1, 0.15) is 5.75 Å². The third-order valence-electron chi connectivity index (χ3n) is 3.98. The Balaban J connectivity index is 2.26. The van der Waals surface area contributed by atoms with Crippen LogP contribution < -0.4 is 11.1 Å². The summed E-state index contributed by atoms with van der Waals surface area (Å²) >= 11 is 7.32. The number of nitrogens with one attached hydrogen (secondary N) is 1. The first-order valence-electron chi connectivity index (χ1n) is 7.05. The van der Waals surface area contributed by atoms with E-state index in [1.165, 1.54) is 6.07 Å². The van der Waals surface area contributed by atoms with Crippen molar-refractivity contribution >= 4 is 45.7 Å². The second kappa shape index (κ2) is 6.91. The number of benzene rings is 1. The smallest absolute Gasteiger partial charge is 0.255 e. The molecule has 114 valence electrons. The lowest BCUT2D eigenvalue weighted by Gasteiger charge is -2.33. The Morgan fingerprint density at radius 2 is 1.90 bits per heavy atom. The molecule has 0 saturated heterocycles. The molecule has 21 heavy (non-hydrogen) atoms. The lowest BCUT2D eigenvalue weighted by molar-refractivity contribution is 0.0914. The van der Waals surface area contributed by atoms with Crippen LogP contribution in [0.4, 0.5) is 0 Å². The zero-order chi connectivity index (χ0) is 15.5. The number of hydrogen-bond acceptors (Lipinski definition) is 3. The van der Waals surface area contributed by atoms with E-state index < -0.39 is 5.54 Å². The molecule has 1 fully saturated rings. The fourth-order valence-electron chi connectivity index (χ4n) is 2.74. The van der Waals surface area contributed by atoms with Crippen LogP contribution in [0.25, 0.3) is 0 Å². The molecule has 1 aliphatic rings. The number of nitrogens with two attached hydrogens (primary N) is 1. The number of carbonyl (C=O) groups is 1. The molecule has 4 N–H and O–H groups in total. The van der Waals surface area contributed by atoms with Gasteiger partial charge in [-0.2, -0.15) is 0 Å². The van der Waals surface area contributed by atoms with Gasteiger partial charge in [-0.3, -0.25) is 4.79 Å². The molecule has 0 unspecified atom stereocenters. The van der Waals surface area contributed by atoms with Crippen LogP contribution in [-0.2, 0) is 0 Å². The van der Waals surface area contributed by atoms with Gasteiger partial charge in [0.15, 0.2) is 0 Å². The molecule has 0 radical (unpaired) electrons. The molecule has 1 saturated carbocycles. The zero-order valence-electron chi connectivity index (χ0n) is 11.7. The fourth-order valence-corrected chi connectivity index (χ4v) is 3.49. The second-order valence-electron chi connectivity index (χ2n) is 5.48. The normalized spacial score (nSPS) is 17.8. The molecular weight excluding hydrogens is 399 g/mol. The summed E-state index contributed by atoms with van der Waals surface area (Å²) < 4.78 is 0.890. The van der Waals surface area contributed by atoms with Gasteiger partial charge < -0.3 is 16.2 Å². The molecule has 0 bridgehead atoms. The standard InChI is InChI=1S/C15H19IN2O2S/c16-10-5-6-12(19)11(9-10)13(20)18-15(14(17)21)7-3-1-2-4-8-15/h5-6,9,19H,1-4,7-8H2,(H2,17,21)(H,18,20). The van der Waals surface area contributed by atoms with E-state index in [1.807, 2.05) is 0 Å². The van der Waals surface area contributed by atoms with Gasteiger partial charge in [0.25, 0.3) is 5.91 Å². The molecule has 1 aliphatic carbocycles. The fraction of sp³-hybridized carbons (Fsp3) is 0.467. The summed E-state index contributed by atoms with van der Waals surface area (Å²) in [6.45, 7) is 0. The van der Waals surface area contributed by atoms with Gasteiger partial charge in [0, 0.05) is 3.57 Å². The molecule has 2 rings (SSSR count). The predicted octanol–water partition coefficient (Wildman–Crippen LogP) is 3.11. The molecule has 0 aromatic heterocycles. The summed E-state index contributed by atoms with van der Waals surface area (Å²) in [7, 11) is 0. The molecule has 6 heteroatoms. The lowest BCUT2D eigenvalue weighted by atomic mass is 9.89. The van der Waals surface area contributed by atoms with Crippen LogP contribution in [0.1, 0.15) is 48.9 Å². The average molecular weight is 418 g/mol. The minimum Gasteiger partial charge on any atom is -0.507 e. The topological polar surface area (TPSA) is 75.3 Å². The number of amides is 1. The van der Waals surface area contributed by atoms with Crippen molar-refractivity contribution in [3.63, 3.8) is 0 Å². The maximum Gasteiger partial charge on any atom is 0.255 e. The third-order valence-corrected chi connectivity index (χ3v) is 5.05. The summed E-state index contributed by atoms with van der Waals surface area (Å²) in [6, 6.07) is 4.94. The van der Waals surface area contributed by atoms with E-state index in [9.17, 15) is 9.90 Å². The SMILES string of the molecule is NC(=S)C1(NC(=O)c2cc(I)ccc2O)CCCCCC1. The van der Waals surface area contributed by atoms with E-state index in [0.29, 0.717) is 4.99 Å². The minimum absolute atomic E-state index is 0.0281. The van der Waals surface area contributed by atoms with Gasteiger partial charge >= 0.3 is 0 Å². The van der Waals surface area contributed by atoms with Crippen LogP contribution in [0.2, 0.25) is 0 Å². The molecule has 1 aromatic carbocycles. The number of thiocarbonyl (C=S) groups is 1. The van der Waals surface area contributed by atoms with Crippen molar-refractivity contribution in [3.05, 3.63) is 27.3 Å². The van der Waals surface area contributed by atoms with Gasteiger partial charge in [0.05, 0.1) is 16.1 Å². The number of rotatable bonds is 3. The van der Waals surface area contributed by atoms with Gasteiger partial charge in [-0.1, -0.05) is 37.9 Å². The van der Waals surface area contributed by atoms with Crippen molar-refractivity contribution in [1.82, 2.24) is 5.32 Å². The van der Waals surface area contributed by atoms with Crippen molar-refractivity contribution in [2.75, 3.05) is 0 Å². The third kappa shape index (κ3) is 3.85. The molecular formula is C15H19IN2O2S. The van der Waals surface area contributed by atoms with E-state index in [-0.39, 0.29) is 17.2 Å². The Bertz CT molecular complexity index is 555. The van der Waals surface area contributed by atoms with Gasteiger partial charge in [-0.25, -0.2) is 0 Å². The van der Waals surface area contributed by atoms with Crippen LogP contribution in [0.3, 0.4) is 0 Å². The number of phenols is 1. The maximum absolute atomic E-state index is 12.5. The van der Waals surface area contributed by atoms with Crippen molar-refractivity contribution in [1.29, 1.82) is 0 Å². The Kier molecular flexibility index (Phi) is 5.43. The number of aromatic hydroxyl groups is 1. The van der Waals surface area contributed by atoms with Crippen molar-refractivity contribution in [3.8, 4) is 5.75 Å².